The predicted molar refractivity (Wildman–Crippen MR) is 135 cm³/mol. The normalized spacial score (nSPS) is 23.1. The molecule has 5 rings (SSSR count). The lowest BCUT2D eigenvalue weighted by molar-refractivity contribution is -0.123. The molecule has 0 saturated heterocycles. The first-order chi connectivity index (χ1) is 16.0. The van der Waals surface area contributed by atoms with Crippen molar-refractivity contribution in [2.75, 3.05) is 10.2 Å². The fourth-order valence-corrected chi connectivity index (χ4v) is 6.03. The van der Waals surface area contributed by atoms with Crippen LogP contribution in [0.2, 0.25) is 0 Å². The monoisotopic (exact) mass is 516 g/mol. The summed E-state index contributed by atoms with van der Waals surface area (Å²) < 4.78 is 0.782. The number of halogens is 1. The highest BCUT2D eigenvalue weighted by atomic mass is 79.9. The molecule has 1 unspecified atom stereocenters. The van der Waals surface area contributed by atoms with Crippen LogP contribution in [0, 0.1) is 30.6 Å². The minimum absolute atomic E-state index is 0.0783. The lowest BCUT2D eigenvalue weighted by Crippen LogP contribution is -2.52. The molecule has 2 aliphatic heterocycles. The van der Waals surface area contributed by atoms with Gasteiger partial charge in [-0.25, -0.2) is 0 Å². The number of aryl methyl sites for hydroxylation is 2. The fourth-order valence-electron chi connectivity index (χ4n) is 5.60. The third-order valence-electron chi connectivity index (χ3n) is 6.99. The molecule has 172 valence electrons. The van der Waals surface area contributed by atoms with Crippen LogP contribution in [-0.4, -0.2) is 11.7 Å². The van der Waals surface area contributed by atoms with Crippen LogP contribution >= 0.6 is 15.9 Å². The van der Waals surface area contributed by atoms with Gasteiger partial charge in [-0.15, -0.1) is 0 Å². The van der Waals surface area contributed by atoms with Gasteiger partial charge in [-0.2, -0.15) is 5.26 Å². The molecule has 2 aromatic rings. The molecule has 1 amide bonds. The summed E-state index contributed by atoms with van der Waals surface area (Å²) >= 11 is 3.63. The Labute approximate surface area is 207 Å². The number of amides is 1. The Kier molecular flexibility index (Phi) is 4.82. The number of hydrogen-bond acceptors (Lipinski definition) is 5. The summed E-state index contributed by atoms with van der Waals surface area (Å²) in [7, 11) is 0. The highest BCUT2D eigenvalue weighted by Crippen LogP contribution is 2.57. The molecule has 3 aliphatic rings. The van der Waals surface area contributed by atoms with Crippen LogP contribution in [0.15, 0.2) is 63.5 Å². The van der Waals surface area contributed by atoms with Crippen LogP contribution in [0.3, 0.4) is 0 Å². The number of nitrogens with two attached hydrogens (primary N) is 1. The van der Waals surface area contributed by atoms with E-state index in [2.05, 4.69) is 27.3 Å². The number of ketones is 1. The van der Waals surface area contributed by atoms with E-state index in [4.69, 9.17) is 5.73 Å². The summed E-state index contributed by atoms with van der Waals surface area (Å²) in [5.74, 6) is -0.372. The van der Waals surface area contributed by atoms with Gasteiger partial charge in [0.1, 0.15) is 17.3 Å². The van der Waals surface area contributed by atoms with Gasteiger partial charge in [0.15, 0.2) is 5.78 Å². The Bertz CT molecular complexity index is 1410. The second-order valence-corrected chi connectivity index (χ2v) is 11.0. The van der Waals surface area contributed by atoms with Crippen molar-refractivity contribution in [1.29, 1.82) is 5.26 Å². The van der Waals surface area contributed by atoms with Gasteiger partial charge in [0.2, 0.25) is 5.91 Å². The first-order valence-electron chi connectivity index (χ1n) is 11.2. The van der Waals surface area contributed by atoms with Gasteiger partial charge >= 0.3 is 0 Å². The Morgan fingerprint density at radius 1 is 1.09 bits per heavy atom. The van der Waals surface area contributed by atoms with E-state index >= 15 is 0 Å². The molecule has 1 atom stereocenters. The zero-order valence-corrected chi connectivity index (χ0v) is 21.1. The van der Waals surface area contributed by atoms with Crippen molar-refractivity contribution in [3.8, 4) is 6.07 Å². The summed E-state index contributed by atoms with van der Waals surface area (Å²) in [6.45, 7) is 7.98. The fraction of sp³-hybridized carbons (Fsp3) is 0.296. The second kappa shape index (κ2) is 7.31. The number of hydrogen-bond donors (Lipinski definition) is 2. The second-order valence-electron chi connectivity index (χ2n) is 10.2. The van der Waals surface area contributed by atoms with Gasteiger partial charge in [-0.1, -0.05) is 37.6 Å². The molecular weight excluding hydrogens is 492 g/mol. The quantitative estimate of drug-likeness (QED) is 0.548. The van der Waals surface area contributed by atoms with E-state index in [1.807, 2.05) is 64.1 Å². The number of allylic oxidation sites excluding steroid dienone is 1. The van der Waals surface area contributed by atoms with E-state index in [0.717, 1.165) is 21.3 Å². The number of nitrogens with zero attached hydrogens (tertiary/aromatic N) is 2. The van der Waals surface area contributed by atoms with E-state index < -0.39 is 11.3 Å². The summed E-state index contributed by atoms with van der Waals surface area (Å²) in [5, 5.41) is 13.4. The highest BCUT2D eigenvalue weighted by molar-refractivity contribution is 9.10. The van der Waals surface area contributed by atoms with Crippen LogP contribution in [0.25, 0.3) is 0 Å². The van der Waals surface area contributed by atoms with E-state index in [1.54, 1.807) is 4.90 Å². The molecule has 2 heterocycles. The van der Waals surface area contributed by atoms with Crippen molar-refractivity contribution >= 4 is 39.0 Å². The van der Waals surface area contributed by atoms with Crippen LogP contribution < -0.4 is 16.0 Å². The number of carbonyl (C=O) groups excluding carboxylic acids is 2. The number of benzene rings is 2. The minimum atomic E-state index is -1.56. The summed E-state index contributed by atoms with van der Waals surface area (Å²) in [6.07, 6.45) is 0.813. The first-order valence-corrected chi connectivity index (χ1v) is 12.0. The molecule has 2 aromatic carbocycles. The van der Waals surface area contributed by atoms with Gasteiger partial charge in [-0.05, 0) is 65.4 Å². The van der Waals surface area contributed by atoms with E-state index in [-0.39, 0.29) is 29.0 Å². The third kappa shape index (κ3) is 2.91. The lowest BCUT2D eigenvalue weighted by atomic mass is 9.60. The van der Waals surface area contributed by atoms with Crippen molar-refractivity contribution in [2.24, 2.45) is 11.1 Å². The average Bonchev–Trinajstić information content (AvgIpc) is 3.01. The number of Topliss-reactive ketones (excluding diaryl/α,β-unsaturated/α-hetero) is 1. The smallest absolute Gasteiger partial charge is 0.245 e. The lowest BCUT2D eigenvalue weighted by Gasteiger charge is -2.47. The molecule has 1 spiro atoms. The standard InChI is InChI=1S/C27H25BrN4O2/c1-14-6-8-19-16(9-14)27(25(34)31-19)17(13-29)24(30)32(20-10-15(2)5-7-18(20)28)21-11-26(3,4)12-22(33)23(21)27/h5-10H,11-12,30H2,1-4H3,(H,31,34). The SMILES string of the molecule is Cc1ccc(Br)c(N2C(N)=C(C#N)C3(C(=O)Nc4ccc(C)cc43)C3=C2CC(C)(C)CC3=O)c1. The molecular formula is C27H25BrN4O2. The molecule has 0 aromatic heterocycles. The maximum atomic E-state index is 13.9. The summed E-state index contributed by atoms with van der Waals surface area (Å²) in [6, 6.07) is 13.7. The maximum Gasteiger partial charge on any atom is 0.245 e. The largest absolute Gasteiger partial charge is 0.384 e. The average molecular weight is 517 g/mol. The molecule has 7 heteroatoms. The zero-order chi connectivity index (χ0) is 24.6. The van der Waals surface area contributed by atoms with Gasteiger partial charge < -0.3 is 11.1 Å². The minimum Gasteiger partial charge on any atom is -0.384 e. The molecule has 34 heavy (non-hydrogen) atoms. The van der Waals surface area contributed by atoms with Crippen molar-refractivity contribution < 1.29 is 9.59 Å². The van der Waals surface area contributed by atoms with Gasteiger partial charge in [0.25, 0.3) is 0 Å². The van der Waals surface area contributed by atoms with Gasteiger partial charge in [0, 0.05) is 33.4 Å². The van der Waals surface area contributed by atoms with Gasteiger partial charge in [0.05, 0.1) is 11.3 Å². The number of carbonyl (C=O) groups is 2. The van der Waals surface area contributed by atoms with E-state index in [0.29, 0.717) is 28.9 Å². The molecule has 0 saturated carbocycles. The Morgan fingerprint density at radius 2 is 1.76 bits per heavy atom. The Morgan fingerprint density at radius 3 is 2.47 bits per heavy atom. The van der Waals surface area contributed by atoms with E-state index in [9.17, 15) is 14.9 Å². The summed E-state index contributed by atoms with van der Waals surface area (Å²) in [5.41, 5.74) is 9.88. The number of rotatable bonds is 1. The molecule has 6 nitrogen and oxygen atoms in total. The van der Waals surface area contributed by atoms with Crippen molar-refractivity contribution in [1.82, 2.24) is 0 Å². The predicted octanol–water partition coefficient (Wildman–Crippen LogP) is 5.11. The molecule has 0 bridgehead atoms. The number of fused-ring (bicyclic) bond motifs is 3. The van der Waals surface area contributed by atoms with Crippen molar-refractivity contribution in [3.63, 3.8) is 0 Å². The number of nitriles is 1. The number of anilines is 2. The number of nitrogens with one attached hydrogen (secondary N) is 1. The van der Waals surface area contributed by atoms with Gasteiger partial charge in [-0.3, -0.25) is 14.5 Å². The molecule has 3 N–H and O–H groups in total. The van der Waals surface area contributed by atoms with Crippen LogP contribution in [0.4, 0.5) is 11.4 Å². The molecule has 1 aliphatic carbocycles. The zero-order valence-electron chi connectivity index (χ0n) is 19.5. The topological polar surface area (TPSA) is 99.2 Å². The Hall–Kier alpha value is -3.37. The van der Waals surface area contributed by atoms with Crippen LogP contribution in [-0.2, 0) is 15.0 Å². The highest BCUT2D eigenvalue weighted by Gasteiger charge is 2.61. The van der Waals surface area contributed by atoms with Crippen molar-refractivity contribution in [3.05, 3.63) is 80.2 Å². The Balaban J connectivity index is 1.93. The summed E-state index contributed by atoms with van der Waals surface area (Å²) in [4.78, 5) is 29.5. The maximum absolute atomic E-state index is 13.9. The van der Waals surface area contributed by atoms with Crippen LogP contribution in [0.5, 0.6) is 0 Å². The van der Waals surface area contributed by atoms with E-state index in [1.165, 1.54) is 0 Å². The van der Waals surface area contributed by atoms with Crippen LogP contribution in [0.1, 0.15) is 43.4 Å². The first kappa shape index (κ1) is 22.4. The molecule has 0 radical (unpaired) electrons. The molecule has 0 fully saturated rings. The third-order valence-corrected chi connectivity index (χ3v) is 7.66. The van der Waals surface area contributed by atoms with Crippen molar-refractivity contribution in [2.45, 2.75) is 46.0 Å².